The first-order valence-electron chi connectivity index (χ1n) is 10.1. The summed E-state index contributed by atoms with van der Waals surface area (Å²) in [7, 11) is 0. The highest BCUT2D eigenvalue weighted by molar-refractivity contribution is 6.21. The topological polar surface area (TPSA) is 69.9 Å². The average Bonchev–Trinajstić information content (AvgIpc) is 2.99. The molecule has 2 aromatic rings. The number of alkyl halides is 3. The van der Waals surface area contributed by atoms with Gasteiger partial charge in [0.1, 0.15) is 0 Å². The summed E-state index contributed by atoms with van der Waals surface area (Å²) in [6, 6.07) is 10.8. The molecule has 2 aliphatic heterocycles. The van der Waals surface area contributed by atoms with Gasteiger partial charge < -0.3 is 10.6 Å². The molecule has 0 aromatic heterocycles. The van der Waals surface area contributed by atoms with E-state index in [2.05, 4.69) is 4.90 Å². The quantitative estimate of drug-likeness (QED) is 0.493. The van der Waals surface area contributed by atoms with Crippen LogP contribution in [0.1, 0.15) is 32.7 Å². The number of halogens is 5. The minimum absolute atomic E-state index is 0. The number of piperazine rings is 1. The minimum Gasteiger partial charge on any atom is -0.398 e. The molecule has 33 heavy (non-hydrogen) atoms. The van der Waals surface area contributed by atoms with E-state index in [0.29, 0.717) is 62.5 Å². The van der Waals surface area contributed by atoms with Crippen LogP contribution in [0.2, 0.25) is 0 Å². The summed E-state index contributed by atoms with van der Waals surface area (Å²) in [6.07, 6.45) is -3.84. The van der Waals surface area contributed by atoms with Crippen molar-refractivity contribution >= 4 is 48.0 Å². The number of hydrogen-bond acceptors (Lipinski definition) is 5. The third-order valence-electron chi connectivity index (χ3n) is 5.81. The summed E-state index contributed by atoms with van der Waals surface area (Å²) in [6.45, 7) is 3.61. The lowest BCUT2D eigenvalue weighted by molar-refractivity contribution is -0.136. The monoisotopic (exact) mass is 504 g/mol. The van der Waals surface area contributed by atoms with Crippen LogP contribution >= 0.6 is 24.8 Å². The highest BCUT2D eigenvalue weighted by atomic mass is 35.5. The van der Waals surface area contributed by atoms with Gasteiger partial charge in [-0.2, -0.15) is 13.2 Å². The molecule has 0 atom stereocenters. The van der Waals surface area contributed by atoms with Crippen LogP contribution in [0.4, 0.5) is 24.5 Å². The Hall–Kier alpha value is -2.49. The van der Waals surface area contributed by atoms with Gasteiger partial charge >= 0.3 is 6.18 Å². The molecule has 0 spiro atoms. The van der Waals surface area contributed by atoms with E-state index in [-0.39, 0.29) is 42.3 Å². The molecule has 0 unspecified atom stereocenters. The average molecular weight is 505 g/mol. The number of carbonyl (C=O) groups excluding carboxylic acids is 2. The number of nitrogens with zero attached hydrogens (tertiary/aromatic N) is 3. The molecular formula is C22H25Cl2F3N4O2. The second-order valence-corrected chi connectivity index (χ2v) is 7.76. The van der Waals surface area contributed by atoms with Gasteiger partial charge in [0.2, 0.25) is 0 Å². The van der Waals surface area contributed by atoms with Crippen molar-refractivity contribution in [2.75, 3.05) is 49.9 Å². The van der Waals surface area contributed by atoms with Crippen LogP contribution in [0.15, 0.2) is 42.5 Å². The Morgan fingerprint density at radius 2 is 1.42 bits per heavy atom. The second kappa shape index (κ2) is 10.6. The van der Waals surface area contributed by atoms with Crippen molar-refractivity contribution in [3.63, 3.8) is 0 Å². The van der Waals surface area contributed by atoms with E-state index >= 15 is 0 Å². The van der Waals surface area contributed by atoms with E-state index in [0.717, 1.165) is 6.07 Å². The number of amides is 2. The maximum atomic E-state index is 13.1. The largest absolute Gasteiger partial charge is 0.418 e. The smallest absolute Gasteiger partial charge is 0.398 e. The molecule has 0 radical (unpaired) electrons. The van der Waals surface area contributed by atoms with Gasteiger partial charge in [-0.1, -0.05) is 12.1 Å². The molecule has 180 valence electrons. The van der Waals surface area contributed by atoms with Crippen LogP contribution in [0.5, 0.6) is 0 Å². The van der Waals surface area contributed by atoms with Crippen LogP contribution in [0.25, 0.3) is 0 Å². The normalized spacial score (nSPS) is 16.3. The van der Waals surface area contributed by atoms with Gasteiger partial charge in [0.05, 0.1) is 16.7 Å². The number of imide groups is 1. The van der Waals surface area contributed by atoms with Crippen molar-refractivity contribution < 1.29 is 22.8 Å². The Morgan fingerprint density at radius 3 is 1.97 bits per heavy atom. The number of anilines is 2. The summed E-state index contributed by atoms with van der Waals surface area (Å²) in [4.78, 5) is 30.2. The zero-order valence-electron chi connectivity index (χ0n) is 17.7. The summed E-state index contributed by atoms with van der Waals surface area (Å²) in [5, 5.41) is 0. The molecule has 2 aromatic carbocycles. The Morgan fingerprint density at radius 1 is 0.848 bits per heavy atom. The Bertz CT molecular complexity index is 976. The Labute approximate surface area is 202 Å². The van der Waals surface area contributed by atoms with E-state index < -0.39 is 11.7 Å². The fourth-order valence-electron chi connectivity index (χ4n) is 4.11. The van der Waals surface area contributed by atoms with Gasteiger partial charge in [0, 0.05) is 44.1 Å². The predicted molar refractivity (Wildman–Crippen MR) is 125 cm³/mol. The fourth-order valence-corrected chi connectivity index (χ4v) is 4.11. The maximum absolute atomic E-state index is 13.1. The van der Waals surface area contributed by atoms with Gasteiger partial charge in [-0.15, -0.1) is 24.8 Å². The SMILES string of the molecule is Cl.Cl.Nc1ccc(N2CCN(CCCN3C(=O)c4ccccc4C3=O)CC2)cc1C(F)(F)F. The molecule has 2 aliphatic rings. The van der Waals surface area contributed by atoms with Crippen molar-refractivity contribution in [3.05, 3.63) is 59.2 Å². The first-order chi connectivity index (χ1) is 14.8. The summed E-state index contributed by atoms with van der Waals surface area (Å²) < 4.78 is 39.3. The van der Waals surface area contributed by atoms with Crippen LogP contribution < -0.4 is 10.6 Å². The number of hydrogen-bond donors (Lipinski definition) is 1. The summed E-state index contributed by atoms with van der Waals surface area (Å²) in [5.74, 6) is -0.511. The van der Waals surface area contributed by atoms with Crippen molar-refractivity contribution in [3.8, 4) is 0 Å². The lowest BCUT2D eigenvalue weighted by atomic mass is 10.1. The van der Waals surface area contributed by atoms with E-state index in [9.17, 15) is 22.8 Å². The number of rotatable bonds is 5. The lowest BCUT2D eigenvalue weighted by Gasteiger charge is -2.36. The Kier molecular flexibility index (Phi) is 8.62. The molecule has 1 fully saturated rings. The van der Waals surface area contributed by atoms with Gasteiger partial charge in [0.25, 0.3) is 11.8 Å². The third-order valence-corrected chi connectivity index (χ3v) is 5.81. The van der Waals surface area contributed by atoms with E-state index in [1.165, 1.54) is 11.0 Å². The van der Waals surface area contributed by atoms with Gasteiger partial charge in [0.15, 0.2) is 0 Å². The molecule has 0 saturated carbocycles. The highest BCUT2D eigenvalue weighted by Crippen LogP contribution is 2.36. The molecule has 2 N–H and O–H groups in total. The third kappa shape index (κ3) is 5.54. The summed E-state index contributed by atoms with van der Waals surface area (Å²) >= 11 is 0. The van der Waals surface area contributed by atoms with Crippen molar-refractivity contribution in [1.29, 1.82) is 0 Å². The summed E-state index contributed by atoms with van der Waals surface area (Å²) in [5.41, 5.74) is 5.80. The molecule has 0 aliphatic carbocycles. The standard InChI is InChI=1S/C22H23F3N4O2.2ClH/c23-22(24,25)18-14-15(6-7-19(18)26)28-12-10-27(11-13-28)8-3-9-29-20(30)16-4-1-2-5-17(16)21(29)31;;/h1-2,4-7,14H,3,8-13,26H2;2*1H. The van der Waals surface area contributed by atoms with Gasteiger partial charge in [-0.05, 0) is 43.3 Å². The van der Waals surface area contributed by atoms with E-state index in [1.807, 2.05) is 4.90 Å². The van der Waals surface area contributed by atoms with Crippen molar-refractivity contribution in [2.45, 2.75) is 12.6 Å². The molecule has 2 heterocycles. The maximum Gasteiger partial charge on any atom is 0.418 e. The zero-order chi connectivity index (χ0) is 22.2. The van der Waals surface area contributed by atoms with Gasteiger partial charge in [-0.25, -0.2) is 0 Å². The first kappa shape index (κ1) is 26.8. The number of fused-ring (bicyclic) bond motifs is 1. The fraction of sp³-hybridized carbons (Fsp3) is 0.364. The van der Waals surface area contributed by atoms with Crippen LogP contribution in [0.3, 0.4) is 0 Å². The second-order valence-electron chi connectivity index (χ2n) is 7.76. The minimum atomic E-state index is -4.48. The van der Waals surface area contributed by atoms with Gasteiger partial charge in [-0.3, -0.25) is 19.4 Å². The molecule has 6 nitrogen and oxygen atoms in total. The molecule has 11 heteroatoms. The van der Waals surface area contributed by atoms with Crippen LogP contribution in [0, 0.1) is 0 Å². The van der Waals surface area contributed by atoms with Crippen molar-refractivity contribution in [2.24, 2.45) is 0 Å². The first-order valence-corrected chi connectivity index (χ1v) is 10.1. The number of nitrogens with two attached hydrogens (primary N) is 1. The molecule has 0 bridgehead atoms. The van der Waals surface area contributed by atoms with Crippen LogP contribution in [-0.2, 0) is 6.18 Å². The van der Waals surface area contributed by atoms with Crippen molar-refractivity contribution in [1.82, 2.24) is 9.80 Å². The predicted octanol–water partition coefficient (Wildman–Crippen LogP) is 3.94. The number of nitrogen functional groups attached to an aromatic ring is 1. The zero-order valence-corrected chi connectivity index (χ0v) is 19.3. The number of benzene rings is 2. The highest BCUT2D eigenvalue weighted by Gasteiger charge is 2.35. The van der Waals surface area contributed by atoms with E-state index in [4.69, 9.17) is 5.73 Å². The molecule has 1 saturated heterocycles. The Balaban J connectivity index is 0.00000193. The molecule has 4 rings (SSSR count). The number of carbonyl (C=O) groups is 2. The lowest BCUT2D eigenvalue weighted by Crippen LogP contribution is -2.47. The van der Waals surface area contributed by atoms with E-state index in [1.54, 1.807) is 30.3 Å². The molecular weight excluding hydrogens is 480 g/mol. The van der Waals surface area contributed by atoms with Crippen LogP contribution in [-0.4, -0.2) is 60.9 Å². The molecule has 2 amide bonds.